The molecule has 11 heavy (non-hydrogen) atoms. The second-order valence-electron chi connectivity index (χ2n) is 2.06. The van der Waals surface area contributed by atoms with Crippen molar-refractivity contribution >= 4 is 28.0 Å². The Morgan fingerprint density at radius 1 is 1.55 bits per heavy atom. The molecule has 2 nitrogen and oxygen atoms in total. The van der Waals surface area contributed by atoms with Gasteiger partial charge in [0, 0.05) is 0 Å². The van der Waals surface area contributed by atoms with E-state index in [0.717, 1.165) is 14.7 Å². The first kappa shape index (κ1) is 7.67. The molecule has 4 heteroatoms. The minimum atomic E-state index is 0.136. The quantitative estimate of drug-likeness (QED) is 0.436. The fourth-order valence-electron chi connectivity index (χ4n) is 0.839. The van der Waals surface area contributed by atoms with E-state index in [9.17, 15) is 0 Å². The molecular formula is C7H5BrIN2-. The molecule has 0 bridgehead atoms. The number of alkyl halides is 1. The molecule has 58 valence electrons. The number of hydrogen-bond acceptors (Lipinski definition) is 2. The molecule has 1 aliphatic rings. The molecule has 1 aromatic heterocycles. The van der Waals surface area contributed by atoms with Crippen molar-refractivity contribution in [1.82, 2.24) is 4.98 Å². The van der Waals surface area contributed by atoms with E-state index in [2.05, 4.69) is 32.0 Å². The molecule has 0 atom stereocenters. The van der Waals surface area contributed by atoms with Gasteiger partial charge in [0.25, 0.3) is 0 Å². The van der Waals surface area contributed by atoms with Crippen LogP contribution < -0.4 is 21.2 Å². The van der Waals surface area contributed by atoms with Crippen LogP contribution >= 0.6 is 15.9 Å². The number of halogens is 2. The summed E-state index contributed by atoms with van der Waals surface area (Å²) in [5, 5.41) is 0. The van der Waals surface area contributed by atoms with Gasteiger partial charge in [-0.05, 0) is 0 Å². The van der Waals surface area contributed by atoms with E-state index >= 15 is 0 Å². The standard InChI is InChI=1S/C7H5BrIN2/c8-5-3-6-7(11-4-5)10-2-1-9-6/h2-4H,1H2/q-1. The Morgan fingerprint density at radius 3 is 3.36 bits per heavy atom. The molecule has 0 unspecified atom stereocenters. The predicted molar refractivity (Wildman–Crippen MR) is 43.7 cm³/mol. The summed E-state index contributed by atoms with van der Waals surface area (Å²) < 4.78 is 3.55. The topological polar surface area (TPSA) is 25.2 Å². The van der Waals surface area contributed by atoms with Crippen molar-refractivity contribution in [2.24, 2.45) is 4.99 Å². The molecular weight excluding hydrogens is 319 g/mol. The second kappa shape index (κ2) is 3.18. The molecule has 0 amide bonds. The zero-order valence-corrected chi connectivity index (χ0v) is 9.33. The molecule has 0 saturated heterocycles. The minimum absolute atomic E-state index is 0.136. The Balaban J connectivity index is 2.53. The van der Waals surface area contributed by atoms with Crippen LogP contribution in [0.25, 0.3) is 0 Å². The molecule has 0 radical (unpaired) electrons. The Morgan fingerprint density at radius 2 is 2.45 bits per heavy atom. The van der Waals surface area contributed by atoms with Crippen molar-refractivity contribution in [2.45, 2.75) is 0 Å². The normalized spacial score (nSPS) is 15.4. The van der Waals surface area contributed by atoms with Crippen molar-refractivity contribution in [3.63, 3.8) is 0 Å². The SMILES string of the molecule is Brc1cnc2c(c1)[I-]CC=N2. The van der Waals surface area contributed by atoms with Crippen LogP contribution in [0.15, 0.2) is 21.7 Å². The van der Waals surface area contributed by atoms with Gasteiger partial charge in [0.05, 0.1) is 0 Å². The monoisotopic (exact) mass is 323 g/mol. The number of aromatic nitrogens is 1. The molecule has 0 aromatic carbocycles. The van der Waals surface area contributed by atoms with Crippen LogP contribution in [0, 0.1) is 3.57 Å². The zero-order chi connectivity index (χ0) is 7.68. The summed E-state index contributed by atoms with van der Waals surface area (Å²) in [5.41, 5.74) is 0. The molecule has 2 heterocycles. The van der Waals surface area contributed by atoms with Gasteiger partial charge in [0.15, 0.2) is 0 Å². The first-order chi connectivity index (χ1) is 5.36. The summed E-state index contributed by atoms with van der Waals surface area (Å²) in [6.45, 7) is 0. The number of hydrogen-bond donors (Lipinski definition) is 0. The fraction of sp³-hybridized carbons (Fsp3) is 0.143. The first-order valence-electron chi connectivity index (χ1n) is 3.13. The molecule has 2 rings (SSSR count). The second-order valence-corrected chi connectivity index (χ2v) is 5.78. The van der Waals surface area contributed by atoms with Gasteiger partial charge in [-0.25, -0.2) is 0 Å². The third-order valence-electron chi connectivity index (χ3n) is 1.29. The van der Waals surface area contributed by atoms with E-state index in [1.54, 1.807) is 6.20 Å². The van der Waals surface area contributed by atoms with E-state index < -0.39 is 0 Å². The molecule has 0 fully saturated rings. The number of fused-ring (bicyclic) bond motifs is 1. The summed E-state index contributed by atoms with van der Waals surface area (Å²) >= 11 is 3.53. The number of nitrogens with zero attached hydrogens (tertiary/aromatic N) is 2. The van der Waals surface area contributed by atoms with E-state index in [1.807, 2.05) is 6.21 Å². The predicted octanol–water partition coefficient (Wildman–Crippen LogP) is -1.18. The van der Waals surface area contributed by atoms with Crippen molar-refractivity contribution in [3.05, 3.63) is 20.3 Å². The van der Waals surface area contributed by atoms with E-state index in [1.165, 1.54) is 3.57 Å². The Bertz CT molecular complexity index is 311. The fourth-order valence-corrected chi connectivity index (χ4v) is 3.64. The van der Waals surface area contributed by atoms with Gasteiger partial charge in [-0.15, -0.1) is 0 Å². The van der Waals surface area contributed by atoms with Gasteiger partial charge < -0.3 is 0 Å². The van der Waals surface area contributed by atoms with E-state index in [0.29, 0.717) is 0 Å². The van der Waals surface area contributed by atoms with Crippen molar-refractivity contribution in [2.75, 3.05) is 4.43 Å². The summed E-state index contributed by atoms with van der Waals surface area (Å²) in [4.78, 5) is 8.41. The van der Waals surface area contributed by atoms with Gasteiger partial charge >= 0.3 is 83.9 Å². The van der Waals surface area contributed by atoms with Gasteiger partial charge in [-0.1, -0.05) is 0 Å². The van der Waals surface area contributed by atoms with Crippen molar-refractivity contribution in [1.29, 1.82) is 0 Å². The van der Waals surface area contributed by atoms with Gasteiger partial charge in [-0.2, -0.15) is 0 Å². The van der Waals surface area contributed by atoms with E-state index in [4.69, 9.17) is 0 Å². The van der Waals surface area contributed by atoms with Crippen LogP contribution in [-0.4, -0.2) is 15.6 Å². The van der Waals surface area contributed by atoms with Crippen molar-refractivity contribution < 1.29 is 21.2 Å². The number of rotatable bonds is 0. The van der Waals surface area contributed by atoms with Crippen LogP contribution in [0.4, 0.5) is 5.82 Å². The van der Waals surface area contributed by atoms with Crippen molar-refractivity contribution in [3.8, 4) is 0 Å². The Labute approximate surface area is 83.5 Å². The Kier molecular flexibility index (Phi) is 2.22. The summed E-state index contributed by atoms with van der Waals surface area (Å²) in [5.74, 6) is 0.923. The number of pyridine rings is 1. The van der Waals surface area contributed by atoms with Gasteiger partial charge in [-0.3, -0.25) is 0 Å². The zero-order valence-electron chi connectivity index (χ0n) is 5.59. The molecule has 1 aliphatic heterocycles. The average Bonchev–Trinajstić information content (AvgIpc) is 2.04. The van der Waals surface area contributed by atoms with Crippen LogP contribution in [0.2, 0.25) is 0 Å². The third kappa shape index (κ3) is 1.61. The molecule has 1 aromatic rings. The Hall–Kier alpha value is 0.0300. The van der Waals surface area contributed by atoms with Crippen LogP contribution in [-0.2, 0) is 0 Å². The van der Waals surface area contributed by atoms with Gasteiger partial charge in [0.1, 0.15) is 0 Å². The maximum absolute atomic E-state index is 4.20. The van der Waals surface area contributed by atoms with Gasteiger partial charge in [0.2, 0.25) is 0 Å². The van der Waals surface area contributed by atoms with Crippen LogP contribution in [0.3, 0.4) is 0 Å². The summed E-state index contributed by atoms with van der Waals surface area (Å²) in [6, 6.07) is 2.13. The average molecular weight is 324 g/mol. The molecule has 0 aliphatic carbocycles. The number of aliphatic imine (C=N–C) groups is 1. The third-order valence-corrected chi connectivity index (χ3v) is 4.18. The summed E-state index contributed by atoms with van der Waals surface area (Å²) in [6.07, 6.45) is 3.77. The maximum atomic E-state index is 4.20. The van der Waals surface area contributed by atoms with Crippen LogP contribution in [0.5, 0.6) is 0 Å². The van der Waals surface area contributed by atoms with E-state index in [-0.39, 0.29) is 21.2 Å². The van der Waals surface area contributed by atoms with Crippen LogP contribution in [0.1, 0.15) is 0 Å². The molecule has 0 N–H and O–H groups in total. The first-order valence-corrected chi connectivity index (χ1v) is 6.53. The molecule has 0 saturated carbocycles. The summed E-state index contributed by atoms with van der Waals surface area (Å²) in [7, 11) is 0. The molecule has 0 spiro atoms.